The van der Waals surface area contributed by atoms with Crippen LogP contribution in [0.1, 0.15) is 51.3 Å². The molecule has 0 radical (unpaired) electrons. The molecular weight excluding hydrogens is 202 g/mol. The molecule has 1 aromatic rings. The molecule has 1 aromatic heterocycles. The first kappa shape index (κ1) is 12.7. The zero-order chi connectivity index (χ0) is 11.5. The van der Waals surface area contributed by atoms with E-state index in [0.717, 1.165) is 6.54 Å². The van der Waals surface area contributed by atoms with E-state index >= 15 is 0 Å². The molecule has 15 heavy (non-hydrogen) atoms. The zero-order valence-corrected chi connectivity index (χ0v) is 11.4. The van der Waals surface area contributed by atoms with E-state index in [2.05, 4.69) is 50.7 Å². The average molecular weight is 225 g/mol. The predicted octanol–water partition coefficient (Wildman–Crippen LogP) is 4.14. The van der Waals surface area contributed by atoms with Crippen molar-refractivity contribution in [3.63, 3.8) is 0 Å². The van der Waals surface area contributed by atoms with E-state index < -0.39 is 0 Å². The Kier molecular flexibility index (Phi) is 4.35. The Balaban J connectivity index is 2.87. The fourth-order valence-corrected chi connectivity index (χ4v) is 2.71. The summed E-state index contributed by atoms with van der Waals surface area (Å²) in [6.45, 7) is 12.4. The van der Waals surface area contributed by atoms with E-state index in [4.69, 9.17) is 0 Å². The summed E-state index contributed by atoms with van der Waals surface area (Å²) in [6.07, 6.45) is 1.19. The highest BCUT2D eigenvalue weighted by molar-refractivity contribution is 7.08. The summed E-state index contributed by atoms with van der Waals surface area (Å²) in [5.41, 5.74) is 3.17. The van der Waals surface area contributed by atoms with Crippen molar-refractivity contribution in [1.29, 1.82) is 0 Å². The van der Waals surface area contributed by atoms with Gasteiger partial charge in [0, 0.05) is 6.04 Å². The minimum Gasteiger partial charge on any atom is -0.309 e. The molecule has 1 unspecified atom stereocenters. The van der Waals surface area contributed by atoms with Gasteiger partial charge in [-0.05, 0) is 47.2 Å². The quantitative estimate of drug-likeness (QED) is 0.812. The Morgan fingerprint density at radius 2 is 2.00 bits per heavy atom. The van der Waals surface area contributed by atoms with Crippen molar-refractivity contribution in [2.75, 3.05) is 6.54 Å². The van der Waals surface area contributed by atoms with Crippen LogP contribution in [0.4, 0.5) is 0 Å². The summed E-state index contributed by atoms with van der Waals surface area (Å²) in [5, 5.41) is 8.18. The molecule has 0 amide bonds. The molecule has 1 atom stereocenters. The largest absolute Gasteiger partial charge is 0.309 e. The number of hydrogen-bond donors (Lipinski definition) is 1. The van der Waals surface area contributed by atoms with Gasteiger partial charge < -0.3 is 5.32 Å². The van der Waals surface area contributed by atoms with E-state index in [1.54, 1.807) is 11.3 Å². The van der Waals surface area contributed by atoms with Gasteiger partial charge in [-0.15, -0.1) is 0 Å². The second-order valence-corrected chi connectivity index (χ2v) is 6.01. The first-order valence-corrected chi connectivity index (χ1v) is 6.67. The van der Waals surface area contributed by atoms with Crippen LogP contribution in [0.15, 0.2) is 10.8 Å². The highest BCUT2D eigenvalue weighted by atomic mass is 32.1. The van der Waals surface area contributed by atoms with Crippen LogP contribution in [-0.2, 0) is 0 Å². The van der Waals surface area contributed by atoms with Crippen LogP contribution in [0, 0.1) is 12.3 Å². The van der Waals surface area contributed by atoms with Crippen molar-refractivity contribution < 1.29 is 0 Å². The minimum absolute atomic E-state index is 0.279. The number of hydrogen-bond acceptors (Lipinski definition) is 2. The standard InChI is InChI=1S/C13H23NS/c1-6-7-14-12(13(3,4)5)11-9-15-8-10(11)2/h8-9,12,14H,6-7H2,1-5H3. The summed E-state index contributed by atoms with van der Waals surface area (Å²) in [5.74, 6) is 0. The Morgan fingerprint density at radius 1 is 1.33 bits per heavy atom. The first-order valence-electron chi connectivity index (χ1n) is 5.73. The lowest BCUT2D eigenvalue weighted by atomic mass is 9.82. The van der Waals surface area contributed by atoms with Gasteiger partial charge in [0.25, 0.3) is 0 Å². The van der Waals surface area contributed by atoms with Gasteiger partial charge in [0.15, 0.2) is 0 Å². The van der Waals surface area contributed by atoms with Gasteiger partial charge >= 0.3 is 0 Å². The van der Waals surface area contributed by atoms with Gasteiger partial charge in [0.05, 0.1) is 0 Å². The van der Waals surface area contributed by atoms with E-state index in [1.807, 2.05) is 0 Å². The SMILES string of the molecule is CCCNC(c1cscc1C)C(C)(C)C. The monoisotopic (exact) mass is 225 g/mol. The van der Waals surface area contributed by atoms with Crippen molar-refractivity contribution in [3.8, 4) is 0 Å². The number of aryl methyl sites for hydroxylation is 1. The van der Waals surface area contributed by atoms with Gasteiger partial charge in [-0.25, -0.2) is 0 Å². The van der Waals surface area contributed by atoms with E-state index in [1.165, 1.54) is 17.5 Å². The lowest BCUT2D eigenvalue weighted by Gasteiger charge is -2.32. The van der Waals surface area contributed by atoms with Crippen LogP contribution in [0.25, 0.3) is 0 Å². The molecular formula is C13H23NS. The molecule has 0 saturated heterocycles. The number of thiophene rings is 1. The van der Waals surface area contributed by atoms with Crippen molar-refractivity contribution in [2.24, 2.45) is 5.41 Å². The van der Waals surface area contributed by atoms with Gasteiger partial charge in [-0.2, -0.15) is 11.3 Å². The molecule has 0 aliphatic rings. The maximum Gasteiger partial charge on any atom is 0.0380 e. The molecule has 1 rings (SSSR count). The van der Waals surface area contributed by atoms with Crippen LogP contribution in [-0.4, -0.2) is 6.54 Å². The third kappa shape index (κ3) is 3.32. The summed E-state index contributed by atoms with van der Waals surface area (Å²) in [7, 11) is 0. The maximum absolute atomic E-state index is 3.66. The molecule has 0 spiro atoms. The Morgan fingerprint density at radius 3 is 2.40 bits per heavy atom. The van der Waals surface area contributed by atoms with Crippen molar-refractivity contribution in [2.45, 2.75) is 47.1 Å². The third-order valence-electron chi connectivity index (χ3n) is 2.67. The van der Waals surface area contributed by atoms with Crippen LogP contribution in [0.5, 0.6) is 0 Å². The minimum atomic E-state index is 0.279. The lowest BCUT2D eigenvalue weighted by molar-refractivity contribution is 0.273. The normalized spacial score (nSPS) is 14.2. The fraction of sp³-hybridized carbons (Fsp3) is 0.692. The van der Waals surface area contributed by atoms with E-state index in [-0.39, 0.29) is 5.41 Å². The average Bonchev–Trinajstić information content (AvgIpc) is 2.51. The van der Waals surface area contributed by atoms with Gasteiger partial charge in [0.1, 0.15) is 0 Å². The third-order valence-corrected chi connectivity index (χ3v) is 3.55. The Bertz CT molecular complexity index is 296. The highest BCUT2D eigenvalue weighted by Crippen LogP contribution is 2.35. The maximum atomic E-state index is 3.66. The van der Waals surface area contributed by atoms with Gasteiger partial charge in [-0.3, -0.25) is 0 Å². The Labute approximate surface area is 97.9 Å². The fourth-order valence-electron chi connectivity index (χ4n) is 1.84. The lowest BCUT2D eigenvalue weighted by Crippen LogP contribution is -2.32. The molecule has 0 aliphatic carbocycles. The van der Waals surface area contributed by atoms with Gasteiger partial charge in [-0.1, -0.05) is 27.7 Å². The second kappa shape index (κ2) is 5.13. The number of rotatable bonds is 4. The zero-order valence-electron chi connectivity index (χ0n) is 10.6. The highest BCUT2D eigenvalue weighted by Gasteiger charge is 2.26. The molecule has 0 aliphatic heterocycles. The summed E-state index contributed by atoms with van der Waals surface area (Å²) in [4.78, 5) is 0. The summed E-state index contributed by atoms with van der Waals surface area (Å²) in [6, 6.07) is 0.476. The molecule has 0 fully saturated rings. The van der Waals surface area contributed by atoms with Crippen LogP contribution < -0.4 is 5.32 Å². The predicted molar refractivity (Wildman–Crippen MR) is 69.5 cm³/mol. The first-order chi connectivity index (χ1) is 6.96. The molecule has 1 nitrogen and oxygen atoms in total. The molecule has 0 bridgehead atoms. The molecule has 0 aromatic carbocycles. The van der Waals surface area contributed by atoms with Crippen molar-refractivity contribution >= 4 is 11.3 Å². The molecule has 1 N–H and O–H groups in total. The topological polar surface area (TPSA) is 12.0 Å². The molecule has 1 heterocycles. The van der Waals surface area contributed by atoms with Crippen molar-refractivity contribution in [1.82, 2.24) is 5.32 Å². The van der Waals surface area contributed by atoms with E-state index in [0.29, 0.717) is 6.04 Å². The number of nitrogens with one attached hydrogen (secondary N) is 1. The smallest absolute Gasteiger partial charge is 0.0380 e. The summed E-state index contributed by atoms with van der Waals surface area (Å²) < 4.78 is 0. The van der Waals surface area contributed by atoms with Crippen molar-refractivity contribution in [3.05, 3.63) is 21.9 Å². The molecule has 86 valence electrons. The van der Waals surface area contributed by atoms with Crippen LogP contribution in [0.3, 0.4) is 0 Å². The van der Waals surface area contributed by atoms with Gasteiger partial charge in [0.2, 0.25) is 0 Å². The Hall–Kier alpha value is -0.340. The molecule has 2 heteroatoms. The van der Waals surface area contributed by atoms with Crippen LogP contribution >= 0.6 is 11.3 Å². The van der Waals surface area contributed by atoms with E-state index in [9.17, 15) is 0 Å². The molecule has 0 saturated carbocycles. The second-order valence-electron chi connectivity index (χ2n) is 5.26. The summed E-state index contributed by atoms with van der Waals surface area (Å²) >= 11 is 1.80. The van der Waals surface area contributed by atoms with Crippen LogP contribution in [0.2, 0.25) is 0 Å².